The second-order valence-corrected chi connectivity index (χ2v) is 15.3. The highest BCUT2D eigenvalue weighted by molar-refractivity contribution is 4.96. The van der Waals surface area contributed by atoms with Crippen molar-refractivity contribution in [2.45, 2.75) is 245 Å². The summed E-state index contributed by atoms with van der Waals surface area (Å²) in [4.78, 5) is 0. The molecule has 1 N–H and O–H groups in total. The van der Waals surface area contributed by atoms with Crippen molar-refractivity contribution in [3.63, 3.8) is 0 Å². The van der Waals surface area contributed by atoms with Crippen LogP contribution in [0.2, 0.25) is 0 Å². The van der Waals surface area contributed by atoms with Gasteiger partial charge in [0.25, 0.3) is 0 Å². The molecule has 0 aliphatic rings. The lowest BCUT2D eigenvalue weighted by atomic mass is 9.87. The highest BCUT2D eigenvalue weighted by Crippen LogP contribution is 2.27. The summed E-state index contributed by atoms with van der Waals surface area (Å²) in [6.45, 7) is 18.2. The molecule has 274 valence electrons. The van der Waals surface area contributed by atoms with Crippen LogP contribution in [0.1, 0.15) is 245 Å². The monoisotopic (exact) mass is 644 g/mol. The number of unbranched alkanes of at least 4 members (excludes halogenated alkanes) is 24. The molecule has 0 saturated heterocycles. The van der Waals surface area contributed by atoms with Gasteiger partial charge in [-0.15, -0.1) is 0 Å². The van der Waals surface area contributed by atoms with Gasteiger partial charge < -0.3 is 5.32 Å². The minimum atomic E-state index is 0.902. The molecule has 0 aromatic rings. The van der Waals surface area contributed by atoms with Gasteiger partial charge in [-0.05, 0) is 76.8 Å². The summed E-state index contributed by atoms with van der Waals surface area (Å²) in [7, 11) is 0. The van der Waals surface area contributed by atoms with E-state index in [-0.39, 0.29) is 0 Å². The SMILES string of the molecule is C=C(CCCCCCCCCCC)CCCCCNCCCCCCCC(=C)CC(CCCCCCCC)CCCCCCCC. The molecule has 46 heavy (non-hydrogen) atoms. The van der Waals surface area contributed by atoms with E-state index in [4.69, 9.17) is 0 Å². The van der Waals surface area contributed by atoms with E-state index in [1.165, 1.54) is 243 Å². The Morgan fingerprint density at radius 1 is 0.370 bits per heavy atom. The lowest BCUT2D eigenvalue weighted by Gasteiger charge is -2.19. The molecule has 0 fully saturated rings. The molecule has 0 aromatic carbocycles. The molecule has 0 amide bonds. The van der Waals surface area contributed by atoms with E-state index in [9.17, 15) is 0 Å². The first-order valence-electron chi connectivity index (χ1n) is 21.7. The molecule has 0 saturated carbocycles. The lowest BCUT2D eigenvalue weighted by Crippen LogP contribution is -2.16. The first-order valence-corrected chi connectivity index (χ1v) is 21.7. The van der Waals surface area contributed by atoms with Crippen LogP contribution in [0.4, 0.5) is 0 Å². The van der Waals surface area contributed by atoms with Crippen molar-refractivity contribution in [2.75, 3.05) is 13.1 Å². The number of rotatable bonds is 40. The van der Waals surface area contributed by atoms with Gasteiger partial charge in [0.15, 0.2) is 0 Å². The predicted octanol–water partition coefficient (Wildman–Crippen LogP) is 16.0. The highest BCUT2D eigenvalue weighted by atomic mass is 14.8. The van der Waals surface area contributed by atoms with E-state index in [1.54, 1.807) is 5.57 Å². The number of allylic oxidation sites excluding steroid dienone is 2. The molecule has 0 aromatic heterocycles. The third kappa shape index (κ3) is 36.3. The molecule has 0 bridgehead atoms. The Bertz CT molecular complexity index is 590. The van der Waals surface area contributed by atoms with Crippen LogP contribution in [0, 0.1) is 5.92 Å². The Morgan fingerprint density at radius 3 is 1.09 bits per heavy atom. The molecule has 0 spiro atoms. The van der Waals surface area contributed by atoms with E-state index in [0.717, 1.165) is 5.92 Å². The molecule has 0 atom stereocenters. The Labute approximate surface area is 293 Å². The maximum Gasteiger partial charge on any atom is -0.00489 e. The van der Waals surface area contributed by atoms with Crippen molar-refractivity contribution < 1.29 is 0 Å². The summed E-state index contributed by atoms with van der Waals surface area (Å²) >= 11 is 0. The van der Waals surface area contributed by atoms with Gasteiger partial charge in [-0.2, -0.15) is 0 Å². The van der Waals surface area contributed by atoms with Crippen LogP contribution in [-0.2, 0) is 0 Å². The maximum absolute atomic E-state index is 4.55. The van der Waals surface area contributed by atoms with E-state index in [0.29, 0.717) is 0 Å². The van der Waals surface area contributed by atoms with Crippen molar-refractivity contribution in [1.29, 1.82) is 0 Å². The summed E-state index contributed by atoms with van der Waals surface area (Å²) in [6.07, 6.45) is 48.8. The smallest absolute Gasteiger partial charge is 0.00489 e. The zero-order valence-corrected chi connectivity index (χ0v) is 32.7. The van der Waals surface area contributed by atoms with Crippen LogP contribution in [0.3, 0.4) is 0 Å². The highest BCUT2D eigenvalue weighted by Gasteiger charge is 2.11. The second-order valence-electron chi connectivity index (χ2n) is 15.3. The van der Waals surface area contributed by atoms with Gasteiger partial charge in [-0.25, -0.2) is 0 Å². The summed E-state index contributed by atoms with van der Waals surface area (Å²) in [6, 6.07) is 0. The van der Waals surface area contributed by atoms with Crippen LogP contribution in [0.5, 0.6) is 0 Å². The van der Waals surface area contributed by atoms with E-state index in [2.05, 4.69) is 39.2 Å². The zero-order valence-electron chi connectivity index (χ0n) is 32.7. The third-order valence-electron chi connectivity index (χ3n) is 10.4. The average molecular weight is 644 g/mol. The minimum Gasteiger partial charge on any atom is -0.317 e. The van der Waals surface area contributed by atoms with Crippen molar-refractivity contribution in [2.24, 2.45) is 5.92 Å². The Kier molecular flexibility index (Phi) is 38.4. The Morgan fingerprint density at radius 2 is 0.674 bits per heavy atom. The molecule has 0 aliphatic heterocycles. The lowest BCUT2D eigenvalue weighted by molar-refractivity contribution is 0.396. The summed E-state index contributed by atoms with van der Waals surface area (Å²) in [5, 5.41) is 3.70. The molecule has 0 aliphatic carbocycles. The second kappa shape index (κ2) is 38.9. The van der Waals surface area contributed by atoms with Crippen LogP contribution in [-0.4, -0.2) is 13.1 Å². The summed E-state index contributed by atoms with van der Waals surface area (Å²) in [5.41, 5.74) is 3.05. The number of nitrogens with one attached hydrogen (secondary N) is 1. The normalized spacial score (nSPS) is 11.6. The fourth-order valence-corrected chi connectivity index (χ4v) is 7.18. The van der Waals surface area contributed by atoms with Gasteiger partial charge in [0.05, 0.1) is 0 Å². The topological polar surface area (TPSA) is 12.0 Å². The first-order chi connectivity index (χ1) is 22.6. The van der Waals surface area contributed by atoms with Crippen molar-refractivity contribution >= 4 is 0 Å². The Balaban J connectivity index is 3.66. The average Bonchev–Trinajstić information content (AvgIpc) is 3.05. The zero-order chi connectivity index (χ0) is 33.6. The first kappa shape index (κ1) is 45.4. The molecule has 0 unspecified atom stereocenters. The van der Waals surface area contributed by atoms with Gasteiger partial charge in [-0.1, -0.05) is 212 Å². The molecular formula is C45H89N. The standard InChI is InChI=1S/C45H89N/c1-6-9-12-15-18-19-20-22-28-35-43(4)36-30-27-34-41-46-40-33-26-21-23-29-37-44(5)42-45(38-31-24-16-13-10-7-2)39-32-25-17-14-11-8-3/h45-46H,4-42H2,1-3H3. The van der Waals surface area contributed by atoms with Gasteiger partial charge in [-0.3, -0.25) is 0 Å². The molecule has 0 radical (unpaired) electrons. The van der Waals surface area contributed by atoms with Crippen LogP contribution >= 0.6 is 0 Å². The van der Waals surface area contributed by atoms with Gasteiger partial charge >= 0.3 is 0 Å². The Hall–Kier alpha value is -0.560. The van der Waals surface area contributed by atoms with E-state index in [1.807, 2.05) is 0 Å². The summed E-state index contributed by atoms with van der Waals surface area (Å²) < 4.78 is 0. The van der Waals surface area contributed by atoms with Crippen molar-refractivity contribution in [3.05, 3.63) is 24.3 Å². The van der Waals surface area contributed by atoms with Crippen LogP contribution in [0.15, 0.2) is 24.3 Å². The third-order valence-corrected chi connectivity index (χ3v) is 10.4. The molecular weight excluding hydrogens is 555 g/mol. The van der Waals surface area contributed by atoms with Gasteiger partial charge in [0.1, 0.15) is 0 Å². The van der Waals surface area contributed by atoms with E-state index < -0.39 is 0 Å². The minimum absolute atomic E-state index is 0.902. The van der Waals surface area contributed by atoms with Crippen molar-refractivity contribution in [1.82, 2.24) is 5.32 Å². The largest absolute Gasteiger partial charge is 0.317 e. The van der Waals surface area contributed by atoms with Crippen molar-refractivity contribution in [3.8, 4) is 0 Å². The van der Waals surface area contributed by atoms with Gasteiger partial charge in [0.2, 0.25) is 0 Å². The molecule has 0 heterocycles. The maximum atomic E-state index is 4.55. The van der Waals surface area contributed by atoms with E-state index >= 15 is 0 Å². The number of hydrogen-bond acceptors (Lipinski definition) is 1. The molecule has 1 nitrogen and oxygen atoms in total. The molecule has 0 rings (SSSR count). The fraction of sp³-hybridized carbons (Fsp3) is 0.911. The number of hydrogen-bond donors (Lipinski definition) is 1. The summed E-state index contributed by atoms with van der Waals surface area (Å²) in [5.74, 6) is 0.902. The predicted molar refractivity (Wildman–Crippen MR) is 213 cm³/mol. The van der Waals surface area contributed by atoms with Gasteiger partial charge in [0, 0.05) is 0 Å². The quantitative estimate of drug-likeness (QED) is 0.0517. The molecule has 1 heteroatoms. The fourth-order valence-electron chi connectivity index (χ4n) is 7.18. The van der Waals surface area contributed by atoms with Crippen LogP contribution in [0.25, 0.3) is 0 Å². The van der Waals surface area contributed by atoms with Crippen LogP contribution < -0.4 is 5.32 Å².